The summed E-state index contributed by atoms with van der Waals surface area (Å²) in [5.74, 6) is 2.37. The maximum absolute atomic E-state index is 5.20. The van der Waals surface area contributed by atoms with E-state index < -0.39 is 0 Å². The Morgan fingerprint density at radius 3 is 2.42 bits per heavy atom. The standard InChI is InChI=1S/C18H24N6O.ClH/c1-5-24(6-2)18-21-16(15-12-20-23(3)17(15)22-18)19-11-13-7-9-14(25-4)10-8-13;/h7-10,12H,5-6,11H2,1-4H3,(H,19,21,22);1H. The predicted molar refractivity (Wildman–Crippen MR) is 107 cm³/mol. The lowest BCUT2D eigenvalue weighted by Gasteiger charge is -2.19. The Hall–Kier alpha value is -2.54. The molecule has 0 radical (unpaired) electrons. The first kappa shape index (κ1) is 19.8. The van der Waals surface area contributed by atoms with Crippen molar-refractivity contribution in [1.82, 2.24) is 19.7 Å². The lowest BCUT2D eigenvalue weighted by molar-refractivity contribution is 0.414. The molecule has 2 aromatic heterocycles. The van der Waals surface area contributed by atoms with Crippen molar-refractivity contribution in [3.63, 3.8) is 0 Å². The molecule has 1 aromatic carbocycles. The molecule has 3 rings (SSSR count). The van der Waals surface area contributed by atoms with E-state index in [0.29, 0.717) is 6.54 Å². The van der Waals surface area contributed by atoms with Gasteiger partial charge in [-0.15, -0.1) is 12.4 Å². The first-order valence-corrected chi connectivity index (χ1v) is 8.47. The van der Waals surface area contributed by atoms with Crippen LogP contribution in [0.15, 0.2) is 30.5 Å². The van der Waals surface area contributed by atoms with Crippen molar-refractivity contribution >= 4 is 35.2 Å². The molecular weight excluding hydrogens is 352 g/mol. The smallest absolute Gasteiger partial charge is 0.229 e. The molecule has 0 unspecified atom stereocenters. The van der Waals surface area contributed by atoms with E-state index in [1.54, 1.807) is 18.0 Å². The van der Waals surface area contributed by atoms with Gasteiger partial charge in [-0.1, -0.05) is 12.1 Å². The molecule has 2 heterocycles. The Morgan fingerprint density at radius 2 is 1.81 bits per heavy atom. The number of nitrogens with one attached hydrogen (secondary N) is 1. The van der Waals surface area contributed by atoms with Gasteiger partial charge in [0.1, 0.15) is 11.6 Å². The minimum Gasteiger partial charge on any atom is -0.497 e. The van der Waals surface area contributed by atoms with Crippen LogP contribution in [-0.2, 0) is 13.6 Å². The van der Waals surface area contributed by atoms with Gasteiger partial charge in [0.15, 0.2) is 5.65 Å². The van der Waals surface area contributed by atoms with Crippen LogP contribution in [0.4, 0.5) is 11.8 Å². The van der Waals surface area contributed by atoms with Crippen molar-refractivity contribution in [3.05, 3.63) is 36.0 Å². The van der Waals surface area contributed by atoms with Gasteiger partial charge < -0.3 is 15.0 Å². The van der Waals surface area contributed by atoms with E-state index in [1.165, 1.54) is 0 Å². The van der Waals surface area contributed by atoms with Crippen LogP contribution in [0.5, 0.6) is 5.75 Å². The topological polar surface area (TPSA) is 68.1 Å². The fourth-order valence-electron chi connectivity index (χ4n) is 2.72. The van der Waals surface area contributed by atoms with E-state index in [0.717, 1.165) is 47.2 Å². The van der Waals surface area contributed by atoms with E-state index in [9.17, 15) is 0 Å². The lowest BCUT2D eigenvalue weighted by atomic mass is 10.2. The lowest BCUT2D eigenvalue weighted by Crippen LogP contribution is -2.24. The maximum atomic E-state index is 5.20. The number of nitrogens with zero attached hydrogens (tertiary/aromatic N) is 5. The third-order valence-electron chi connectivity index (χ3n) is 4.25. The van der Waals surface area contributed by atoms with Gasteiger partial charge in [0.25, 0.3) is 0 Å². The van der Waals surface area contributed by atoms with Crippen LogP contribution in [0.2, 0.25) is 0 Å². The van der Waals surface area contributed by atoms with Gasteiger partial charge in [-0.3, -0.25) is 4.68 Å². The number of ether oxygens (including phenoxy) is 1. The van der Waals surface area contributed by atoms with Gasteiger partial charge in [-0.25, -0.2) is 0 Å². The summed E-state index contributed by atoms with van der Waals surface area (Å²) in [4.78, 5) is 11.5. The molecule has 0 spiro atoms. The highest BCUT2D eigenvalue weighted by Gasteiger charge is 2.14. The number of rotatable bonds is 7. The molecule has 0 saturated heterocycles. The van der Waals surface area contributed by atoms with Crippen LogP contribution in [0, 0.1) is 0 Å². The minimum atomic E-state index is 0. The summed E-state index contributed by atoms with van der Waals surface area (Å²) in [5, 5.41) is 8.67. The van der Waals surface area contributed by atoms with Crippen LogP contribution in [0.3, 0.4) is 0 Å². The van der Waals surface area contributed by atoms with E-state index >= 15 is 0 Å². The number of fused-ring (bicyclic) bond motifs is 1. The summed E-state index contributed by atoms with van der Waals surface area (Å²) in [6.07, 6.45) is 1.80. The predicted octanol–water partition coefficient (Wildman–Crippen LogP) is 3.25. The van der Waals surface area contributed by atoms with Crippen molar-refractivity contribution in [3.8, 4) is 5.75 Å². The van der Waals surface area contributed by atoms with Crippen LogP contribution < -0.4 is 15.0 Å². The fraction of sp³-hybridized carbons (Fsp3) is 0.389. The molecule has 0 fully saturated rings. The SMILES string of the molecule is CCN(CC)c1nc(NCc2ccc(OC)cc2)c2cnn(C)c2n1.Cl. The van der Waals surface area contributed by atoms with E-state index in [4.69, 9.17) is 9.72 Å². The summed E-state index contributed by atoms with van der Waals surface area (Å²) in [6, 6.07) is 7.99. The van der Waals surface area contributed by atoms with Gasteiger partial charge >= 0.3 is 0 Å². The average Bonchev–Trinajstić information content (AvgIpc) is 3.02. The number of halogens is 1. The summed E-state index contributed by atoms with van der Waals surface area (Å²) in [6.45, 7) is 6.59. The number of anilines is 2. The second-order valence-electron chi connectivity index (χ2n) is 5.75. The fourth-order valence-corrected chi connectivity index (χ4v) is 2.72. The molecule has 140 valence electrons. The van der Waals surface area contributed by atoms with Crippen molar-refractivity contribution < 1.29 is 4.74 Å². The van der Waals surface area contributed by atoms with Gasteiger partial charge in [0.2, 0.25) is 5.95 Å². The Labute approximate surface area is 159 Å². The molecular formula is C18H25ClN6O. The zero-order chi connectivity index (χ0) is 17.8. The van der Waals surface area contributed by atoms with E-state index in [2.05, 4.69) is 34.1 Å². The first-order chi connectivity index (χ1) is 12.2. The molecule has 1 N–H and O–H groups in total. The van der Waals surface area contributed by atoms with E-state index in [1.807, 2.05) is 31.3 Å². The summed E-state index contributed by atoms with van der Waals surface area (Å²) in [5.41, 5.74) is 1.98. The average molecular weight is 377 g/mol. The Kier molecular flexibility index (Phi) is 6.63. The third-order valence-corrected chi connectivity index (χ3v) is 4.25. The second kappa shape index (κ2) is 8.71. The van der Waals surface area contributed by atoms with Gasteiger partial charge in [-0.2, -0.15) is 15.1 Å². The molecule has 7 nitrogen and oxygen atoms in total. The number of methoxy groups -OCH3 is 1. The van der Waals surface area contributed by atoms with Crippen LogP contribution in [0.1, 0.15) is 19.4 Å². The molecule has 0 bridgehead atoms. The minimum absolute atomic E-state index is 0. The van der Waals surface area contributed by atoms with Crippen molar-refractivity contribution in [2.75, 3.05) is 30.4 Å². The van der Waals surface area contributed by atoms with Gasteiger partial charge in [0, 0.05) is 26.7 Å². The molecule has 8 heteroatoms. The molecule has 0 aliphatic carbocycles. The van der Waals surface area contributed by atoms with Crippen LogP contribution in [-0.4, -0.2) is 39.9 Å². The summed E-state index contributed by atoms with van der Waals surface area (Å²) >= 11 is 0. The first-order valence-electron chi connectivity index (χ1n) is 8.47. The highest BCUT2D eigenvalue weighted by atomic mass is 35.5. The molecule has 0 aliphatic rings. The summed E-state index contributed by atoms with van der Waals surface area (Å²) < 4.78 is 6.98. The van der Waals surface area contributed by atoms with Crippen molar-refractivity contribution in [2.45, 2.75) is 20.4 Å². The molecule has 3 aromatic rings. The molecule has 0 saturated carbocycles. The quantitative estimate of drug-likeness (QED) is 0.682. The Balaban J connectivity index is 0.00000243. The van der Waals surface area contributed by atoms with E-state index in [-0.39, 0.29) is 12.4 Å². The Morgan fingerprint density at radius 1 is 1.12 bits per heavy atom. The van der Waals surface area contributed by atoms with Crippen molar-refractivity contribution in [2.24, 2.45) is 7.05 Å². The van der Waals surface area contributed by atoms with Crippen molar-refractivity contribution in [1.29, 1.82) is 0 Å². The molecule has 26 heavy (non-hydrogen) atoms. The number of aryl methyl sites for hydroxylation is 1. The number of hydrogen-bond donors (Lipinski definition) is 1. The third kappa shape index (κ3) is 3.99. The molecule has 0 aliphatic heterocycles. The number of aromatic nitrogens is 4. The largest absolute Gasteiger partial charge is 0.497 e. The summed E-state index contributed by atoms with van der Waals surface area (Å²) in [7, 11) is 3.57. The second-order valence-corrected chi connectivity index (χ2v) is 5.75. The molecule has 0 atom stereocenters. The normalized spacial score (nSPS) is 10.5. The van der Waals surface area contributed by atoms with Gasteiger partial charge in [-0.05, 0) is 31.5 Å². The Bertz CT molecular complexity index is 845. The number of benzene rings is 1. The van der Waals surface area contributed by atoms with Crippen LogP contribution >= 0.6 is 12.4 Å². The van der Waals surface area contributed by atoms with Gasteiger partial charge in [0.05, 0.1) is 18.7 Å². The highest BCUT2D eigenvalue weighted by molar-refractivity contribution is 5.87. The van der Waals surface area contributed by atoms with Crippen LogP contribution in [0.25, 0.3) is 11.0 Å². The monoisotopic (exact) mass is 376 g/mol. The maximum Gasteiger partial charge on any atom is 0.229 e. The highest BCUT2D eigenvalue weighted by Crippen LogP contribution is 2.24. The zero-order valence-corrected chi connectivity index (χ0v) is 16.4. The zero-order valence-electron chi connectivity index (χ0n) is 15.6. The number of hydrogen-bond acceptors (Lipinski definition) is 6. The molecule has 0 amide bonds.